The summed E-state index contributed by atoms with van der Waals surface area (Å²) < 4.78 is 0. The Hall–Kier alpha value is -1.35. The van der Waals surface area contributed by atoms with Crippen LogP contribution in [0.25, 0.3) is 0 Å². The van der Waals surface area contributed by atoms with E-state index in [0.717, 1.165) is 24.2 Å². The summed E-state index contributed by atoms with van der Waals surface area (Å²) in [6.45, 7) is -0.356. The van der Waals surface area contributed by atoms with E-state index in [-0.39, 0.29) is 25.2 Å². The zero-order valence-electron chi connectivity index (χ0n) is 10.4. The van der Waals surface area contributed by atoms with Gasteiger partial charge < -0.3 is 15.3 Å². The highest BCUT2D eigenvalue weighted by molar-refractivity contribution is 7.99. The monoisotopic (exact) mass is 270 g/mol. The molecule has 2 unspecified atom stereocenters. The highest BCUT2D eigenvalue weighted by atomic mass is 32.2. The fourth-order valence-electron chi connectivity index (χ4n) is 2.02. The Morgan fingerprint density at radius 3 is 2.78 bits per heavy atom. The number of urea groups is 1. The lowest BCUT2D eigenvalue weighted by Gasteiger charge is -2.21. The molecule has 0 saturated heterocycles. The molecule has 2 N–H and O–H groups in total. The van der Waals surface area contributed by atoms with Crippen LogP contribution in [0.2, 0.25) is 0 Å². The fraction of sp³-hybridized carbons (Fsp3) is 0.667. The van der Waals surface area contributed by atoms with Gasteiger partial charge in [-0.05, 0) is 25.5 Å². The van der Waals surface area contributed by atoms with Gasteiger partial charge in [-0.1, -0.05) is 5.92 Å². The molecule has 0 aliphatic heterocycles. The number of aliphatic carboxylic acids is 1. The molecule has 0 radical (unpaired) electrons. The van der Waals surface area contributed by atoms with Crippen molar-refractivity contribution in [1.29, 1.82) is 0 Å². The number of hydrogen-bond donors (Lipinski definition) is 2. The van der Waals surface area contributed by atoms with E-state index < -0.39 is 5.97 Å². The Morgan fingerprint density at radius 1 is 1.56 bits per heavy atom. The van der Waals surface area contributed by atoms with Gasteiger partial charge in [-0.3, -0.25) is 4.79 Å². The zero-order valence-corrected chi connectivity index (χ0v) is 11.2. The van der Waals surface area contributed by atoms with Crippen molar-refractivity contribution in [2.75, 3.05) is 19.3 Å². The van der Waals surface area contributed by atoms with Crippen LogP contribution in [0.1, 0.15) is 19.3 Å². The smallest absolute Gasteiger partial charge is 0.323 e. The topological polar surface area (TPSA) is 69.6 Å². The highest BCUT2D eigenvalue weighted by Crippen LogP contribution is 2.28. The number of carbonyl (C=O) groups is 2. The van der Waals surface area contributed by atoms with Gasteiger partial charge in [0.1, 0.15) is 6.54 Å². The summed E-state index contributed by atoms with van der Waals surface area (Å²) in [4.78, 5) is 23.6. The molecule has 1 saturated carbocycles. The number of carboxylic acid groups (broad SMARTS) is 1. The normalized spacial score (nSPS) is 22.2. The van der Waals surface area contributed by atoms with Crippen molar-refractivity contribution in [2.24, 2.45) is 0 Å². The molecule has 1 aliphatic carbocycles. The molecule has 18 heavy (non-hydrogen) atoms. The summed E-state index contributed by atoms with van der Waals surface area (Å²) >= 11 is 1.80. The van der Waals surface area contributed by atoms with E-state index in [1.54, 1.807) is 11.8 Å². The Morgan fingerprint density at radius 2 is 2.28 bits per heavy atom. The highest BCUT2D eigenvalue weighted by Gasteiger charge is 2.27. The Balaban J connectivity index is 2.46. The predicted octanol–water partition coefficient (Wildman–Crippen LogP) is 1.000. The third-order valence-electron chi connectivity index (χ3n) is 2.94. The lowest BCUT2D eigenvalue weighted by atomic mass is 10.2. The Kier molecular flexibility index (Phi) is 5.86. The molecule has 1 aliphatic rings. The van der Waals surface area contributed by atoms with E-state index in [4.69, 9.17) is 11.5 Å². The summed E-state index contributed by atoms with van der Waals surface area (Å²) in [7, 11) is 0. The van der Waals surface area contributed by atoms with Gasteiger partial charge >= 0.3 is 12.0 Å². The van der Waals surface area contributed by atoms with Crippen molar-refractivity contribution < 1.29 is 14.7 Å². The van der Waals surface area contributed by atoms with E-state index in [1.807, 2.05) is 0 Å². The minimum absolute atomic E-state index is 0.0107. The lowest BCUT2D eigenvalue weighted by Crippen LogP contribution is -2.46. The number of hydrogen-bond acceptors (Lipinski definition) is 3. The molecule has 0 spiro atoms. The van der Waals surface area contributed by atoms with Crippen LogP contribution in [-0.2, 0) is 4.79 Å². The van der Waals surface area contributed by atoms with Crippen LogP contribution in [0, 0.1) is 12.3 Å². The zero-order chi connectivity index (χ0) is 13.5. The number of rotatable bonds is 5. The number of terminal acetylenes is 1. The first-order valence-electron chi connectivity index (χ1n) is 5.80. The maximum atomic E-state index is 11.9. The number of carbonyl (C=O) groups excluding carboxylic acids is 1. The van der Waals surface area contributed by atoms with Gasteiger partial charge in [-0.2, -0.15) is 11.8 Å². The number of nitrogens with one attached hydrogen (secondary N) is 1. The van der Waals surface area contributed by atoms with Crippen molar-refractivity contribution in [1.82, 2.24) is 10.2 Å². The van der Waals surface area contributed by atoms with Crippen LogP contribution in [0.4, 0.5) is 4.79 Å². The van der Waals surface area contributed by atoms with Gasteiger partial charge in [0.25, 0.3) is 0 Å². The summed E-state index contributed by atoms with van der Waals surface area (Å²) in [5.41, 5.74) is 0. The molecule has 6 heteroatoms. The van der Waals surface area contributed by atoms with Crippen molar-refractivity contribution >= 4 is 23.8 Å². The van der Waals surface area contributed by atoms with Crippen LogP contribution in [0.5, 0.6) is 0 Å². The average Bonchev–Trinajstić information content (AvgIpc) is 2.75. The second kappa shape index (κ2) is 7.17. The third-order valence-corrected chi connectivity index (χ3v) is 4.04. The number of nitrogens with zero attached hydrogens (tertiary/aromatic N) is 1. The summed E-state index contributed by atoms with van der Waals surface area (Å²) in [6, 6.07) is -0.258. The fourth-order valence-corrected chi connectivity index (χ4v) is 2.82. The van der Waals surface area contributed by atoms with Gasteiger partial charge in [0.15, 0.2) is 0 Å². The number of thioether (sulfide) groups is 1. The standard InChI is InChI=1S/C12H18N2O3S/c1-3-6-14(8-11(15)16)12(17)13-9-4-5-10(7-9)18-2/h1,9-10H,4-8H2,2H3,(H,13,17)(H,15,16). The minimum Gasteiger partial charge on any atom is -0.480 e. The number of carboxylic acids is 1. The third kappa shape index (κ3) is 4.49. The van der Waals surface area contributed by atoms with Crippen molar-refractivity contribution in [2.45, 2.75) is 30.6 Å². The van der Waals surface area contributed by atoms with E-state index in [2.05, 4.69) is 17.5 Å². The van der Waals surface area contributed by atoms with E-state index in [9.17, 15) is 9.59 Å². The van der Waals surface area contributed by atoms with Crippen molar-refractivity contribution in [3.8, 4) is 12.3 Å². The molecule has 0 bridgehead atoms. The van der Waals surface area contributed by atoms with Gasteiger partial charge in [0.2, 0.25) is 0 Å². The van der Waals surface area contributed by atoms with Crippen LogP contribution < -0.4 is 5.32 Å². The van der Waals surface area contributed by atoms with Crippen LogP contribution in [0.3, 0.4) is 0 Å². The first-order valence-corrected chi connectivity index (χ1v) is 7.09. The Bertz CT molecular complexity index is 354. The molecule has 1 rings (SSSR count). The van der Waals surface area contributed by atoms with Gasteiger partial charge in [-0.15, -0.1) is 6.42 Å². The molecule has 0 aromatic carbocycles. The van der Waals surface area contributed by atoms with Gasteiger partial charge in [0, 0.05) is 11.3 Å². The van der Waals surface area contributed by atoms with E-state index >= 15 is 0 Å². The second-order valence-electron chi connectivity index (χ2n) is 4.27. The quantitative estimate of drug-likeness (QED) is 0.731. The van der Waals surface area contributed by atoms with Gasteiger partial charge in [-0.25, -0.2) is 4.79 Å². The van der Waals surface area contributed by atoms with Gasteiger partial charge in [0.05, 0.1) is 6.54 Å². The predicted molar refractivity (Wildman–Crippen MR) is 71.5 cm³/mol. The molecule has 0 aromatic rings. The maximum absolute atomic E-state index is 11.9. The first-order chi connectivity index (χ1) is 8.56. The van der Waals surface area contributed by atoms with Crippen molar-refractivity contribution in [3.05, 3.63) is 0 Å². The second-order valence-corrected chi connectivity index (χ2v) is 5.41. The van der Waals surface area contributed by atoms with E-state index in [0.29, 0.717) is 5.25 Å². The first kappa shape index (κ1) is 14.7. The van der Waals surface area contributed by atoms with Crippen LogP contribution in [0.15, 0.2) is 0 Å². The van der Waals surface area contributed by atoms with E-state index in [1.165, 1.54) is 0 Å². The summed E-state index contributed by atoms with van der Waals surface area (Å²) in [5.74, 6) is 1.24. The molecule has 1 fully saturated rings. The molecule has 0 aromatic heterocycles. The molecular formula is C12H18N2O3S. The minimum atomic E-state index is -1.06. The molecule has 0 heterocycles. The van der Waals surface area contributed by atoms with Crippen LogP contribution >= 0.6 is 11.8 Å². The average molecular weight is 270 g/mol. The molecular weight excluding hydrogens is 252 g/mol. The Labute approximate surface area is 111 Å². The summed E-state index contributed by atoms with van der Waals surface area (Å²) in [5, 5.41) is 12.1. The SMILES string of the molecule is C#CCN(CC(=O)O)C(=O)NC1CCC(SC)C1. The van der Waals surface area contributed by atoms with Crippen molar-refractivity contribution in [3.63, 3.8) is 0 Å². The summed E-state index contributed by atoms with van der Waals surface area (Å²) in [6.07, 6.45) is 10.1. The lowest BCUT2D eigenvalue weighted by molar-refractivity contribution is -0.137. The molecule has 2 amide bonds. The maximum Gasteiger partial charge on any atom is 0.323 e. The molecule has 5 nitrogen and oxygen atoms in total. The molecule has 2 atom stereocenters. The van der Waals surface area contributed by atoms with Crippen LogP contribution in [-0.4, -0.2) is 52.6 Å². The largest absolute Gasteiger partial charge is 0.480 e. The number of amides is 2. The molecule has 100 valence electrons.